The number of benzene rings is 1. The lowest BCUT2D eigenvalue weighted by Gasteiger charge is -2.17. The first kappa shape index (κ1) is 10.4. The van der Waals surface area contributed by atoms with Crippen LogP contribution in [0.5, 0.6) is 5.75 Å². The summed E-state index contributed by atoms with van der Waals surface area (Å²) in [4.78, 5) is -0.370. The van der Waals surface area contributed by atoms with E-state index in [1.807, 2.05) is 13.8 Å². The Hall–Kier alpha value is -1.10. The lowest BCUT2D eigenvalue weighted by atomic mass is 10.0. The highest BCUT2D eigenvalue weighted by molar-refractivity contribution is 7.86. The average molecular weight is 230 g/mol. The van der Waals surface area contributed by atoms with Gasteiger partial charge in [0.05, 0.1) is 0 Å². The molecule has 0 unspecified atom stereocenters. The molecule has 15 heavy (non-hydrogen) atoms. The number of rotatable bonds is 1. The van der Waals surface area contributed by atoms with Crippen molar-refractivity contribution >= 4 is 10.2 Å². The number of halogens is 1. The highest BCUT2D eigenvalue weighted by Gasteiger charge is 2.34. The van der Waals surface area contributed by atoms with Crippen LogP contribution in [0.3, 0.4) is 0 Å². The van der Waals surface area contributed by atoms with Crippen molar-refractivity contribution < 1.29 is 17.0 Å². The first-order valence-electron chi connectivity index (χ1n) is 4.55. The van der Waals surface area contributed by atoms with Gasteiger partial charge >= 0.3 is 10.2 Å². The van der Waals surface area contributed by atoms with Gasteiger partial charge in [0, 0.05) is 6.42 Å². The molecule has 0 aromatic heterocycles. The second-order valence-electron chi connectivity index (χ2n) is 4.22. The van der Waals surface area contributed by atoms with Crippen LogP contribution in [0.4, 0.5) is 3.89 Å². The van der Waals surface area contributed by atoms with Crippen molar-refractivity contribution in [2.75, 3.05) is 0 Å². The minimum atomic E-state index is -4.70. The molecule has 0 atom stereocenters. The van der Waals surface area contributed by atoms with E-state index in [2.05, 4.69) is 0 Å². The Morgan fingerprint density at radius 3 is 2.67 bits per heavy atom. The first-order valence-corrected chi connectivity index (χ1v) is 5.93. The van der Waals surface area contributed by atoms with Crippen LogP contribution in [0.2, 0.25) is 0 Å². The lowest BCUT2D eigenvalue weighted by molar-refractivity contribution is 0.135. The molecule has 0 saturated carbocycles. The zero-order valence-electron chi connectivity index (χ0n) is 8.45. The van der Waals surface area contributed by atoms with Crippen LogP contribution in [0.25, 0.3) is 0 Å². The van der Waals surface area contributed by atoms with Gasteiger partial charge in [-0.2, -0.15) is 8.42 Å². The van der Waals surface area contributed by atoms with Crippen LogP contribution in [-0.4, -0.2) is 14.0 Å². The smallest absolute Gasteiger partial charge is 0.335 e. The highest BCUT2D eigenvalue weighted by atomic mass is 32.3. The lowest BCUT2D eigenvalue weighted by Crippen LogP contribution is -2.24. The summed E-state index contributed by atoms with van der Waals surface area (Å²) in [6.45, 7) is 3.67. The van der Waals surface area contributed by atoms with Gasteiger partial charge in [-0.3, -0.25) is 0 Å². The Kier molecular flexibility index (Phi) is 2.05. The number of hydrogen-bond donors (Lipinski definition) is 0. The molecule has 0 saturated heterocycles. The molecular weight excluding hydrogens is 219 g/mol. The summed E-state index contributed by atoms with van der Waals surface area (Å²) in [7, 11) is -4.70. The second kappa shape index (κ2) is 2.95. The maximum absolute atomic E-state index is 12.9. The molecule has 3 nitrogen and oxygen atoms in total. The molecule has 0 fully saturated rings. The van der Waals surface area contributed by atoms with E-state index in [-0.39, 0.29) is 10.6 Å². The van der Waals surface area contributed by atoms with E-state index < -0.39 is 15.8 Å². The third-order valence-corrected chi connectivity index (χ3v) is 3.16. The third kappa shape index (κ3) is 1.84. The van der Waals surface area contributed by atoms with Gasteiger partial charge < -0.3 is 4.74 Å². The molecule has 0 N–H and O–H groups in total. The normalized spacial score (nSPS) is 18.3. The molecule has 1 aromatic rings. The SMILES string of the molecule is CC1(C)Cc2cccc(S(=O)(=O)F)c2O1. The van der Waals surface area contributed by atoms with Gasteiger partial charge in [-0.25, -0.2) is 0 Å². The average Bonchev–Trinajstić information content (AvgIpc) is 2.35. The van der Waals surface area contributed by atoms with E-state index in [1.54, 1.807) is 6.07 Å². The summed E-state index contributed by atoms with van der Waals surface area (Å²) in [6, 6.07) is 4.49. The monoisotopic (exact) mass is 230 g/mol. The first-order chi connectivity index (χ1) is 6.80. The van der Waals surface area contributed by atoms with E-state index in [9.17, 15) is 12.3 Å². The van der Waals surface area contributed by atoms with Crippen molar-refractivity contribution in [1.29, 1.82) is 0 Å². The standard InChI is InChI=1S/C10H11FO3S/c1-10(2)6-7-4-3-5-8(9(7)14-10)15(11,12)13/h3-5H,6H2,1-2H3. The van der Waals surface area contributed by atoms with Crippen LogP contribution >= 0.6 is 0 Å². The van der Waals surface area contributed by atoms with Crippen LogP contribution < -0.4 is 4.74 Å². The van der Waals surface area contributed by atoms with E-state index in [0.29, 0.717) is 6.42 Å². The number of ether oxygens (including phenoxy) is 1. The number of hydrogen-bond acceptors (Lipinski definition) is 3. The van der Waals surface area contributed by atoms with Gasteiger partial charge in [0.15, 0.2) is 0 Å². The quantitative estimate of drug-likeness (QED) is 0.693. The van der Waals surface area contributed by atoms with Crippen molar-refractivity contribution in [3.63, 3.8) is 0 Å². The molecule has 0 bridgehead atoms. The van der Waals surface area contributed by atoms with Gasteiger partial charge in [-0.15, -0.1) is 3.89 Å². The van der Waals surface area contributed by atoms with Crippen molar-refractivity contribution in [3.05, 3.63) is 23.8 Å². The minimum Gasteiger partial charge on any atom is -0.486 e. The predicted octanol–water partition coefficient (Wildman–Crippen LogP) is 2.06. The summed E-state index contributed by atoms with van der Waals surface area (Å²) in [5.74, 6) is 0.157. The molecular formula is C10H11FO3S. The Morgan fingerprint density at radius 2 is 2.07 bits per heavy atom. The summed E-state index contributed by atoms with van der Waals surface area (Å²) < 4.78 is 40.1. The molecule has 0 amide bonds. The molecule has 2 rings (SSSR count). The molecule has 1 heterocycles. The molecule has 1 aliphatic rings. The van der Waals surface area contributed by atoms with E-state index in [4.69, 9.17) is 4.74 Å². The largest absolute Gasteiger partial charge is 0.486 e. The van der Waals surface area contributed by atoms with Crippen LogP contribution in [0.15, 0.2) is 23.1 Å². The van der Waals surface area contributed by atoms with Gasteiger partial charge in [0.1, 0.15) is 16.2 Å². The van der Waals surface area contributed by atoms with Gasteiger partial charge in [0.25, 0.3) is 0 Å². The Balaban J connectivity index is 2.61. The molecule has 82 valence electrons. The fourth-order valence-electron chi connectivity index (χ4n) is 1.78. The number of fused-ring (bicyclic) bond motifs is 1. The van der Waals surface area contributed by atoms with Crippen LogP contribution in [0.1, 0.15) is 19.4 Å². The highest BCUT2D eigenvalue weighted by Crippen LogP contribution is 2.39. The maximum atomic E-state index is 12.9. The van der Waals surface area contributed by atoms with Gasteiger partial charge in [-0.1, -0.05) is 12.1 Å². The Labute approximate surface area is 88.1 Å². The maximum Gasteiger partial charge on any atom is 0.335 e. The summed E-state index contributed by atoms with van der Waals surface area (Å²) in [5, 5.41) is 0. The summed E-state index contributed by atoms with van der Waals surface area (Å²) >= 11 is 0. The summed E-state index contributed by atoms with van der Waals surface area (Å²) in [5.41, 5.74) is 0.266. The van der Waals surface area contributed by atoms with Crippen molar-refractivity contribution in [1.82, 2.24) is 0 Å². The third-order valence-electron chi connectivity index (χ3n) is 2.32. The predicted molar refractivity (Wildman–Crippen MR) is 53.1 cm³/mol. The fourth-order valence-corrected chi connectivity index (χ4v) is 2.41. The zero-order chi connectivity index (χ0) is 11.3. The molecule has 0 spiro atoms. The van der Waals surface area contributed by atoms with E-state index in [0.717, 1.165) is 5.56 Å². The molecule has 1 aliphatic heterocycles. The molecule has 5 heteroatoms. The molecule has 1 aromatic carbocycles. The van der Waals surface area contributed by atoms with E-state index >= 15 is 0 Å². The number of para-hydroxylation sites is 1. The molecule has 0 aliphatic carbocycles. The van der Waals surface area contributed by atoms with Gasteiger partial charge in [-0.05, 0) is 25.5 Å². The topological polar surface area (TPSA) is 43.4 Å². The van der Waals surface area contributed by atoms with Gasteiger partial charge in [0.2, 0.25) is 0 Å². The summed E-state index contributed by atoms with van der Waals surface area (Å²) in [6.07, 6.45) is 0.589. The molecule has 0 radical (unpaired) electrons. The Morgan fingerprint density at radius 1 is 1.40 bits per heavy atom. The van der Waals surface area contributed by atoms with Crippen molar-refractivity contribution in [2.45, 2.75) is 30.8 Å². The Bertz CT molecular complexity index is 505. The minimum absolute atomic E-state index is 0.157. The van der Waals surface area contributed by atoms with Crippen molar-refractivity contribution in [2.24, 2.45) is 0 Å². The second-order valence-corrected chi connectivity index (χ2v) is 5.54. The van der Waals surface area contributed by atoms with Crippen LogP contribution in [-0.2, 0) is 16.6 Å². The zero-order valence-corrected chi connectivity index (χ0v) is 9.27. The van der Waals surface area contributed by atoms with Crippen LogP contribution in [0, 0.1) is 0 Å². The van der Waals surface area contributed by atoms with Crippen molar-refractivity contribution in [3.8, 4) is 5.75 Å². The fraction of sp³-hybridized carbons (Fsp3) is 0.400. The van der Waals surface area contributed by atoms with E-state index in [1.165, 1.54) is 12.1 Å².